The maximum absolute atomic E-state index is 13.0. The maximum Gasteiger partial charge on any atom is 0.248 e. The van der Waals surface area contributed by atoms with Gasteiger partial charge in [0.05, 0.1) is 17.1 Å². The highest BCUT2D eigenvalue weighted by Crippen LogP contribution is 2.30. The number of carbonyl (C=O) groups is 2. The fraction of sp³-hybridized carbons (Fsp3) is 0.125. The maximum atomic E-state index is 13.0. The number of H-pyrrole nitrogens is 1. The lowest BCUT2D eigenvalue weighted by Crippen LogP contribution is -2.23. The van der Waals surface area contributed by atoms with Gasteiger partial charge in [-0.15, -0.1) is 0 Å². The number of nitrogens with zero attached hydrogens (tertiary/aromatic N) is 1. The first-order valence-corrected chi connectivity index (χ1v) is 10.0. The standard InChI is InChI=1S/C24H23N5O2/c25-12-11-19(15-5-2-1-3-6-15)24(31)27-18-9-10-21-20(14-18)22(29-28-21)16-7-4-8-17(13-16)23(26)30/h1-10,13-14,19H,11-12,25H2,(H2,26,30)(H,27,31)(H,28,29). The van der Waals surface area contributed by atoms with Crippen LogP contribution in [0.3, 0.4) is 0 Å². The third-order valence-corrected chi connectivity index (χ3v) is 5.22. The Morgan fingerprint density at radius 3 is 2.55 bits per heavy atom. The number of aromatic amines is 1. The van der Waals surface area contributed by atoms with Crippen LogP contribution in [0.15, 0.2) is 72.8 Å². The minimum Gasteiger partial charge on any atom is -0.366 e. The zero-order valence-electron chi connectivity index (χ0n) is 16.8. The number of fused-ring (bicyclic) bond motifs is 1. The Morgan fingerprint density at radius 2 is 1.81 bits per heavy atom. The van der Waals surface area contributed by atoms with Crippen LogP contribution in [-0.4, -0.2) is 28.6 Å². The molecule has 4 aromatic rings. The molecular weight excluding hydrogens is 390 g/mol. The molecule has 0 aliphatic rings. The van der Waals surface area contributed by atoms with Crippen LogP contribution in [0, 0.1) is 0 Å². The molecule has 3 aromatic carbocycles. The van der Waals surface area contributed by atoms with Crippen LogP contribution in [0.2, 0.25) is 0 Å². The Labute approximate surface area is 179 Å². The predicted octanol–water partition coefficient (Wildman–Crippen LogP) is 3.40. The van der Waals surface area contributed by atoms with Gasteiger partial charge in [-0.2, -0.15) is 5.10 Å². The molecule has 0 saturated heterocycles. The minimum atomic E-state index is -0.499. The fourth-order valence-corrected chi connectivity index (χ4v) is 3.66. The number of hydrogen-bond acceptors (Lipinski definition) is 4. The summed E-state index contributed by atoms with van der Waals surface area (Å²) in [5, 5.41) is 11.2. The van der Waals surface area contributed by atoms with E-state index in [1.807, 2.05) is 54.6 Å². The number of benzene rings is 3. The molecule has 0 radical (unpaired) electrons. The number of carbonyl (C=O) groups excluding carboxylic acids is 2. The first kappa shape index (κ1) is 20.3. The Bertz CT molecular complexity index is 1230. The summed E-state index contributed by atoms with van der Waals surface area (Å²) in [6.45, 7) is 0.411. The molecule has 0 bridgehead atoms. The van der Waals surface area contributed by atoms with E-state index in [4.69, 9.17) is 11.5 Å². The molecular formula is C24H23N5O2. The molecule has 7 nitrogen and oxygen atoms in total. The summed E-state index contributed by atoms with van der Waals surface area (Å²) in [5.41, 5.74) is 15.4. The molecule has 1 aromatic heterocycles. The predicted molar refractivity (Wildman–Crippen MR) is 122 cm³/mol. The highest BCUT2D eigenvalue weighted by Gasteiger charge is 2.20. The first-order chi connectivity index (χ1) is 15.1. The van der Waals surface area contributed by atoms with Gasteiger partial charge in [0.1, 0.15) is 0 Å². The van der Waals surface area contributed by atoms with Crippen LogP contribution < -0.4 is 16.8 Å². The van der Waals surface area contributed by atoms with Gasteiger partial charge in [-0.1, -0.05) is 42.5 Å². The van der Waals surface area contributed by atoms with Crippen molar-refractivity contribution in [3.05, 3.63) is 83.9 Å². The van der Waals surface area contributed by atoms with E-state index in [2.05, 4.69) is 15.5 Å². The molecule has 156 valence electrons. The Morgan fingerprint density at radius 1 is 1.00 bits per heavy atom. The minimum absolute atomic E-state index is 0.114. The lowest BCUT2D eigenvalue weighted by Gasteiger charge is -2.16. The van der Waals surface area contributed by atoms with Gasteiger partial charge in [-0.3, -0.25) is 14.7 Å². The molecule has 0 aliphatic heterocycles. The number of amides is 2. The van der Waals surface area contributed by atoms with Gasteiger partial charge in [-0.05, 0) is 48.9 Å². The molecule has 2 amide bonds. The summed E-state index contributed by atoms with van der Waals surface area (Å²) < 4.78 is 0. The molecule has 6 N–H and O–H groups in total. The number of primary amides is 1. The van der Waals surface area contributed by atoms with Crippen LogP contribution in [0.5, 0.6) is 0 Å². The number of anilines is 1. The van der Waals surface area contributed by atoms with Gasteiger partial charge in [0.15, 0.2) is 0 Å². The summed E-state index contributed by atoms with van der Waals surface area (Å²) in [6.07, 6.45) is 0.551. The summed E-state index contributed by atoms with van der Waals surface area (Å²) in [4.78, 5) is 24.5. The highest BCUT2D eigenvalue weighted by molar-refractivity contribution is 6.01. The number of rotatable bonds is 7. The molecule has 1 heterocycles. The van der Waals surface area contributed by atoms with E-state index in [1.165, 1.54) is 0 Å². The molecule has 1 unspecified atom stereocenters. The van der Waals surface area contributed by atoms with Crippen LogP contribution in [0.1, 0.15) is 28.3 Å². The summed E-state index contributed by atoms with van der Waals surface area (Å²) >= 11 is 0. The van der Waals surface area contributed by atoms with E-state index in [0.29, 0.717) is 29.9 Å². The van der Waals surface area contributed by atoms with Crippen molar-refractivity contribution >= 4 is 28.4 Å². The van der Waals surface area contributed by atoms with E-state index in [0.717, 1.165) is 22.0 Å². The van der Waals surface area contributed by atoms with Crippen LogP contribution in [0.4, 0.5) is 5.69 Å². The highest BCUT2D eigenvalue weighted by atomic mass is 16.2. The normalized spacial score (nSPS) is 11.9. The second-order valence-corrected chi connectivity index (χ2v) is 7.31. The van der Waals surface area contributed by atoms with Gasteiger partial charge < -0.3 is 16.8 Å². The van der Waals surface area contributed by atoms with E-state index in [9.17, 15) is 9.59 Å². The quantitative estimate of drug-likeness (QED) is 0.370. The van der Waals surface area contributed by atoms with Crippen molar-refractivity contribution < 1.29 is 9.59 Å². The van der Waals surface area contributed by atoms with Crippen molar-refractivity contribution in [3.63, 3.8) is 0 Å². The van der Waals surface area contributed by atoms with Crippen molar-refractivity contribution in [1.82, 2.24) is 10.2 Å². The molecule has 31 heavy (non-hydrogen) atoms. The SMILES string of the molecule is NCCC(C(=O)Nc1ccc2[nH]nc(-c3cccc(C(N)=O)c3)c2c1)c1ccccc1. The average Bonchev–Trinajstić information content (AvgIpc) is 3.21. The van der Waals surface area contributed by atoms with Gasteiger partial charge >= 0.3 is 0 Å². The Kier molecular flexibility index (Phi) is 5.77. The van der Waals surface area contributed by atoms with Gasteiger partial charge in [-0.25, -0.2) is 0 Å². The molecule has 7 heteroatoms. The van der Waals surface area contributed by atoms with Crippen LogP contribution in [-0.2, 0) is 4.79 Å². The summed E-state index contributed by atoms with van der Waals surface area (Å²) in [7, 11) is 0. The molecule has 0 spiro atoms. The van der Waals surface area contributed by atoms with Crippen molar-refractivity contribution in [3.8, 4) is 11.3 Å². The lowest BCUT2D eigenvalue weighted by atomic mass is 9.94. The van der Waals surface area contributed by atoms with Crippen LogP contribution in [0.25, 0.3) is 22.2 Å². The Balaban J connectivity index is 1.65. The van der Waals surface area contributed by atoms with E-state index in [1.54, 1.807) is 18.2 Å². The Hall–Kier alpha value is -3.97. The number of hydrogen-bond donors (Lipinski definition) is 4. The van der Waals surface area contributed by atoms with Gasteiger partial charge in [0, 0.05) is 22.2 Å². The fourth-order valence-electron chi connectivity index (χ4n) is 3.66. The second-order valence-electron chi connectivity index (χ2n) is 7.31. The van der Waals surface area contributed by atoms with Gasteiger partial charge in [0.2, 0.25) is 11.8 Å². The molecule has 4 rings (SSSR count). The van der Waals surface area contributed by atoms with E-state index >= 15 is 0 Å². The third-order valence-electron chi connectivity index (χ3n) is 5.22. The molecule has 0 aliphatic carbocycles. The van der Waals surface area contributed by atoms with Gasteiger partial charge in [0.25, 0.3) is 0 Å². The number of nitrogens with one attached hydrogen (secondary N) is 2. The largest absolute Gasteiger partial charge is 0.366 e. The molecule has 1 atom stereocenters. The molecule has 0 fully saturated rings. The first-order valence-electron chi connectivity index (χ1n) is 10.0. The number of aromatic nitrogens is 2. The van der Waals surface area contributed by atoms with E-state index < -0.39 is 5.91 Å². The average molecular weight is 413 g/mol. The van der Waals surface area contributed by atoms with Crippen molar-refractivity contribution in [1.29, 1.82) is 0 Å². The van der Waals surface area contributed by atoms with Crippen molar-refractivity contribution in [2.45, 2.75) is 12.3 Å². The topological polar surface area (TPSA) is 127 Å². The summed E-state index contributed by atoms with van der Waals surface area (Å²) in [6, 6.07) is 22.2. The third kappa shape index (κ3) is 4.31. The monoisotopic (exact) mass is 413 g/mol. The van der Waals surface area contributed by atoms with Crippen LogP contribution >= 0.6 is 0 Å². The zero-order chi connectivity index (χ0) is 21.8. The lowest BCUT2D eigenvalue weighted by molar-refractivity contribution is -0.117. The summed E-state index contributed by atoms with van der Waals surface area (Å²) in [5.74, 6) is -0.948. The van der Waals surface area contributed by atoms with Crippen molar-refractivity contribution in [2.24, 2.45) is 11.5 Å². The van der Waals surface area contributed by atoms with Crippen molar-refractivity contribution in [2.75, 3.05) is 11.9 Å². The molecule has 0 saturated carbocycles. The zero-order valence-corrected chi connectivity index (χ0v) is 16.8. The van der Waals surface area contributed by atoms with E-state index in [-0.39, 0.29) is 11.8 Å². The second kappa shape index (κ2) is 8.81. The smallest absolute Gasteiger partial charge is 0.248 e. The number of nitrogens with two attached hydrogens (primary N) is 2.